The number of nitrogens with one attached hydrogen (secondary N) is 1. The van der Waals surface area contributed by atoms with Gasteiger partial charge in [-0.2, -0.15) is 5.10 Å². The second-order valence-corrected chi connectivity index (χ2v) is 7.72. The van der Waals surface area contributed by atoms with Crippen LogP contribution in [0.15, 0.2) is 35.9 Å². The first-order chi connectivity index (χ1) is 15.1. The molecule has 0 radical (unpaired) electrons. The predicted octanol–water partition coefficient (Wildman–Crippen LogP) is 2.28. The lowest BCUT2D eigenvalue weighted by atomic mass is 10.2. The fraction of sp³-hybridized carbons (Fsp3) is 0.333. The summed E-state index contributed by atoms with van der Waals surface area (Å²) in [6.45, 7) is 4.88. The number of aryl methyl sites for hydroxylation is 2. The number of aromatic nitrogens is 5. The number of rotatable bonds is 5. The number of methoxy groups -OCH3 is 1. The van der Waals surface area contributed by atoms with Crippen molar-refractivity contribution in [2.45, 2.75) is 11.8 Å². The van der Waals surface area contributed by atoms with Gasteiger partial charge in [0.2, 0.25) is 5.88 Å². The van der Waals surface area contributed by atoms with E-state index in [0.717, 1.165) is 46.3 Å². The summed E-state index contributed by atoms with van der Waals surface area (Å²) < 4.78 is 15.9. The molecule has 0 amide bonds. The molecular formula is C21H23N7O2S. The van der Waals surface area contributed by atoms with Crippen LogP contribution in [0.1, 0.15) is 16.8 Å². The van der Waals surface area contributed by atoms with Crippen molar-refractivity contribution in [1.29, 1.82) is 0 Å². The van der Waals surface area contributed by atoms with Crippen molar-refractivity contribution >= 4 is 23.5 Å². The normalized spacial score (nSPS) is 13.5. The first-order valence-corrected chi connectivity index (χ1v) is 10.6. The number of ether oxygens (including phenoxy) is 2. The first-order valence-electron chi connectivity index (χ1n) is 9.76. The monoisotopic (exact) mass is 437 g/mol. The highest BCUT2D eigenvalue weighted by Gasteiger charge is 2.17. The summed E-state index contributed by atoms with van der Waals surface area (Å²) in [6, 6.07) is 1.91. The maximum atomic E-state index is 5.46. The molecule has 4 heterocycles. The summed E-state index contributed by atoms with van der Waals surface area (Å²) in [5, 5.41) is 4.17. The van der Waals surface area contributed by atoms with Gasteiger partial charge in [-0.25, -0.2) is 15.0 Å². The van der Waals surface area contributed by atoms with E-state index in [2.05, 4.69) is 41.5 Å². The Morgan fingerprint density at radius 2 is 2.00 bits per heavy atom. The van der Waals surface area contributed by atoms with E-state index < -0.39 is 0 Å². The summed E-state index contributed by atoms with van der Waals surface area (Å²) in [4.78, 5) is 16.4. The van der Waals surface area contributed by atoms with Gasteiger partial charge in [-0.3, -0.25) is 4.68 Å². The smallest absolute Gasteiger partial charge is 0.238 e. The van der Waals surface area contributed by atoms with Gasteiger partial charge in [-0.05, 0) is 24.9 Å². The maximum absolute atomic E-state index is 5.46. The van der Waals surface area contributed by atoms with Crippen molar-refractivity contribution in [3.05, 3.63) is 47.8 Å². The lowest BCUT2D eigenvalue weighted by Gasteiger charge is -2.28. The van der Waals surface area contributed by atoms with Gasteiger partial charge in [0.15, 0.2) is 0 Å². The second-order valence-electron chi connectivity index (χ2n) is 6.84. The van der Waals surface area contributed by atoms with E-state index in [4.69, 9.17) is 9.47 Å². The van der Waals surface area contributed by atoms with Crippen LogP contribution in [-0.4, -0.2) is 58.1 Å². The van der Waals surface area contributed by atoms with Crippen LogP contribution >= 0.6 is 11.9 Å². The fourth-order valence-electron chi connectivity index (χ4n) is 3.08. The predicted molar refractivity (Wildman–Crippen MR) is 119 cm³/mol. The van der Waals surface area contributed by atoms with Crippen LogP contribution in [0, 0.1) is 18.8 Å². The first kappa shape index (κ1) is 21.0. The van der Waals surface area contributed by atoms with Crippen molar-refractivity contribution in [2.24, 2.45) is 7.05 Å². The molecule has 9 nitrogen and oxygen atoms in total. The topological polar surface area (TPSA) is 90.2 Å². The molecule has 1 fully saturated rings. The molecule has 0 saturated carbocycles. The van der Waals surface area contributed by atoms with Crippen LogP contribution < -0.4 is 14.4 Å². The fourth-order valence-corrected chi connectivity index (χ4v) is 3.76. The van der Waals surface area contributed by atoms with Gasteiger partial charge in [-0.15, -0.1) is 0 Å². The molecule has 31 heavy (non-hydrogen) atoms. The van der Waals surface area contributed by atoms with Gasteiger partial charge in [0, 0.05) is 38.1 Å². The Bertz CT molecular complexity index is 1120. The minimum absolute atomic E-state index is 0.496. The Morgan fingerprint density at radius 3 is 2.74 bits per heavy atom. The molecule has 4 rings (SSSR count). The molecule has 1 aliphatic rings. The third kappa shape index (κ3) is 5.07. The number of hydrogen-bond donors (Lipinski definition) is 1. The van der Waals surface area contributed by atoms with E-state index in [0.29, 0.717) is 19.1 Å². The Morgan fingerprint density at radius 1 is 1.16 bits per heavy atom. The van der Waals surface area contributed by atoms with Crippen LogP contribution in [0.5, 0.6) is 5.88 Å². The highest BCUT2D eigenvalue weighted by molar-refractivity contribution is 8.00. The Hall–Kier alpha value is -3.29. The lowest BCUT2D eigenvalue weighted by molar-refractivity contribution is 0.122. The quantitative estimate of drug-likeness (QED) is 0.477. The molecular weight excluding hydrogens is 414 g/mol. The molecule has 160 valence electrons. The Labute approximate surface area is 185 Å². The number of morpholine rings is 1. The molecule has 1 saturated heterocycles. The molecule has 0 aliphatic carbocycles. The number of hydrogen-bond acceptors (Lipinski definition) is 9. The minimum Gasteiger partial charge on any atom is -0.480 e. The number of nitrogens with zero attached hydrogens (tertiary/aromatic N) is 6. The molecule has 0 bridgehead atoms. The van der Waals surface area contributed by atoms with Crippen molar-refractivity contribution in [3.63, 3.8) is 0 Å². The van der Waals surface area contributed by atoms with Gasteiger partial charge >= 0.3 is 0 Å². The molecule has 0 spiro atoms. The van der Waals surface area contributed by atoms with E-state index in [1.807, 2.05) is 26.2 Å². The number of pyridine rings is 1. The van der Waals surface area contributed by atoms with Gasteiger partial charge < -0.3 is 19.1 Å². The van der Waals surface area contributed by atoms with Crippen molar-refractivity contribution < 1.29 is 9.47 Å². The van der Waals surface area contributed by atoms with Crippen LogP contribution in [0.4, 0.5) is 11.5 Å². The molecule has 3 aromatic rings. The van der Waals surface area contributed by atoms with Crippen LogP contribution in [0.2, 0.25) is 0 Å². The zero-order valence-corrected chi connectivity index (χ0v) is 18.4. The zero-order valence-electron chi connectivity index (χ0n) is 17.6. The summed E-state index contributed by atoms with van der Waals surface area (Å²) in [5.74, 6) is 7.79. The van der Waals surface area contributed by atoms with E-state index in [1.54, 1.807) is 30.5 Å². The van der Waals surface area contributed by atoms with E-state index in [-0.39, 0.29) is 0 Å². The molecule has 3 aromatic heterocycles. The molecule has 0 unspecified atom stereocenters. The molecule has 1 N–H and O–H groups in total. The maximum Gasteiger partial charge on any atom is 0.238 e. The Balaban J connectivity index is 1.59. The average molecular weight is 438 g/mol. The van der Waals surface area contributed by atoms with Crippen LogP contribution in [-0.2, 0) is 11.8 Å². The number of anilines is 2. The lowest BCUT2D eigenvalue weighted by Crippen LogP contribution is -2.37. The molecule has 0 atom stereocenters. The molecule has 1 aliphatic heterocycles. The molecule has 10 heteroatoms. The third-order valence-corrected chi connectivity index (χ3v) is 5.43. The standard InChI is InChI=1S/C21H23N7O2S/c1-15-18(20(24-14-23-15)28-6-8-30-9-7-28)5-4-16-10-19(21(29-3)22-11-16)26-31-17-12-25-27(2)13-17/h10-14,26H,6-9H2,1-3H3. The van der Waals surface area contributed by atoms with Crippen molar-refractivity contribution in [2.75, 3.05) is 43.0 Å². The van der Waals surface area contributed by atoms with E-state index in [9.17, 15) is 0 Å². The van der Waals surface area contributed by atoms with Crippen LogP contribution in [0.25, 0.3) is 0 Å². The highest BCUT2D eigenvalue weighted by Crippen LogP contribution is 2.28. The summed E-state index contributed by atoms with van der Waals surface area (Å²) in [7, 11) is 3.47. The zero-order chi connectivity index (χ0) is 21.6. The molecule has 0 aromatic carbocycles. The average Bonchev–Trinajstić information content (AvgIpc) is 3.22. The largest absolute Gasteiger partial charge is 0.480 e. The minimum atomic E-state index is 0.496. The Kier molecular flexibility index (Phi) is 6.54. The SMILES string of the molecule is COc1ncc(C#Cc2c(C)ncnc2N2CCOCC2)cc1NSc1cnn(C)c1. The summed E-state index contributed by atoms with van der Waals surface area (Å²) in [6.07, 6.45) is 6.98. The van der Waals surface area contributed by atoms with Gasteiger partial charge in [0.1, 0.15) is 17.8 Å². The van der Waals surface area contributed by atoms with Crippen molar-refractivity contribution in [1.82, 2.24) is 24.7 Å². The summed E-state index contributed by atoms with van der Waals surface area (Å²) in [5.41, 5.74) is 3.15. The van der Waals surface area contributed by atoms with Gasteiger partial charge in [-0.1, -0.05) is 11.8 Å². The third-order valence-electron chi connectivity index (χ3n) is 4.66. The van der Waals surface area contributed by atoms with E-state index in [1.165, 1.54) is 11.9 Å². The summed E-state index contributed by atoms with van der Waals surface area (Å²) >= 11 is 1.43. The van der Waals surface area contributed by atoms with Crippen molar-refractivity contribution in [3.8, 4) is 17.7 Å². The highest BCUT2D eigenvalue weighted by atomic mass is 32.2. The van der Waals surface area contributed by atoms with Crippen LogP contribution in [0.3, 0.4) is 0 Å². The van der Waals surface area contributed by atoms with Gasteiger partial charge in [0.25, 0.3) is 0 Å². The van der Waals surface area contributed by atoms with E-state index >= 15 is 0 Å². The second kappa shape index (κ2) is 9.68. The van der Waals surface area contributed by atoms with Gasteiger partial charge in [0.05, 0.1) is 42.7 Å².